The Morgan fingerprint density at radius 2 is 1.86 bits per heavy atom. The maximum atomic E-state index is 11.3. The molecule has 6 nitrogen and oxygen atoms in total. The van der Waals surface area contributed by atoms with Crippen LogP contribution in [0.2, 0.25) is 10.0 Å². The maximum absolute atomic E-state index is 11.3. The van der Waals surface area contributed by atoms with Crippen LogP contribution >= 0.6 is 23.2 Å². The van der Waals surface area contributed by atoms with Gasteiger partial charge in [0.15, 0.2) is 0 Å². The zero-order valence-corrected chi connectivity index (χ0v) is 13.1. The van der Waals surface area contributed by atoms with Gasteiger partial charge in [0.05, 0.1) is 10.7 Å². The van der Waals surface area contributed by atoms with Crippen LogP contribution in [-0.2, 0) is 14.9 Å². The van der Waals surface area contributed by atoms with E-state index in [-0.39, 0.29) is 22.2 Å². The number of amides is 1. The van der Waals surface area contributed by atoms with Crippen LogP contribution in [0.1, 0.15) is 0 Å². The Kier molecular flexibility index (Phi) is 4.92. The normalized spacial score (nSPS) is 11.0. The summed E-state index contributed by atoms with van der Waals surface area (Å²) in [5, 5.41) is 2.82. The fourth-order valence-corrected chi connectivity index (χ4v) is 2.76. The Balaban J connectivity index is 2.42. The van der Waals surface area contributed by atoms with Gasteiger partial charge in [-0.05, 0) is 30.3 Å². The number of rotatable bonds is 5. The number of hydrogen-bond acceptors (Lipinski definition) is 4. The Hall–Kier alpha value is -1.80. The average molecular weight is 362 g/mol. The summed E-state index contributed by atoms with van der Waals surface area (Å²) in [6, 6.07) is 8.27. The number of benzene rings is 2. The first-order valence-electron chi connectivity index (χ1n) is 5.76. The molecule has 0 aliphatic rings. The molecule has 0 saturated carbocycles. The predicted octanol–water partition coefficient (Wildman–Crippen LogP) is 3.60. The van der Waals surface area contributed by atoms with Gasteiger partial charge in [-0.25, -0.2) is 0 Å². The second-order valence-corrected chi connectivity index (χ2v) is 6.31. The fraction of sp³-hybridized carbons (Fsp3) is 0. The first kappa shape index (κ1) is 16.6. The third kappa shape index (κ3) is 3.89. The summed E-state index contributed by atoms with van der Waals surface area (Å²) in [6.07, 6.45) is 0.292. The van der Waals surface area contributed by atoms with Gasteiger partial charge in [0.2, 0.25) is 6.41 Å². The molecule has 9 heteroatoms. The average Bonchev–Trinajstić information content (AvgIpc) is 2.42. The molecule has 0 heterocycles. The smallest absolute Gasteiger partial charge is 0.296 e. The molecule has 0 unspecified atom stereocenters. The molecule has 0 atom stereocenters. The van der Waals surface area contributed by atoms with Gasteiger partial charge >= 0.3 is 0 Å². The highest BCUT2D eigenvalue weighted by Crippen LogP contribution is 2.34. The minimum Gasteiger partial charge on any atom is -0.456 e. The summed E-state index contributed by atoms with van der Waals surface area (Å²) in [5.74, 6) is 0.358. The number of hydrogen-bond donors (Lipinski definition) is 2. The molecular formula is C13H9Cl2NO5S. The Morgan fingerprint density at radius 3 is 2.45 bits per heavy atom. The van der Waals surface area contributed by atoms with Gasteiger partial charge in [-0.2, -0.15) is 8.42 Å². The van der Waals surface area contributed by atoms with Crippen LogP contribution in [0.15, 0.2) is 41.3 Å². The molecule has 2 aromatic carbocycles. The van der Waals surface area contributed by atoms with Gasteiger partial charge in [-0.3, -0.25) is 9.35 Å². The van der Waals surface area contributed by atoms with E-state index >= 15 is 0 Å². The third-order valence-electron chi connectivity index (χ3n) is 2.57. The zero-order valence-electron chi connectivity index (χ0n) is 10.8. The van der Waals surface area contributed by atoms with Crippen molar-refractivity contribution in [3.63, 3.8) is 0 Å². The number of ether oxygens (including phenoxy) is 1. The molecule has 0 aliphatic heterocycles. The molecule has 2 rings (SSSR count). The van der Waals surface area contributed by atoms with Crippen molar-refractivity contribution in [3.05, 3.63) is 46.4 Å². The highest BCUT2D eigenvalue weighted by Gasteiger charge is 2.17. The molecule has 0 aliphatic carbocycles. The van der Waals surface area contributed by atoms with E-state index in [0.29, 0.717) is 11.4 Å². The van der Waals surface area contributed by atoms with Crippen LogP contribution in [0.4, 0.5) is 5.69 Å². The molecule has 116 valence electrons. The fourth-order valence-electron chi connectivity index (χ4n) is 1.65. The molecule has 0 aromatic heterocycles. The lowest BCUT2D eigenvalue weighted by Crippen LogP contribution is -2.05. The quantitative estimate of drug-likeness (QED) is 0.626. The SMILES string of the molecule is O=CNc1ccc(Oc2ccc(Cl)cc2Cl)cc1S(=O)(=O)O. The Labute approximate surface area is 136 Å². The molecule has 22 heavy (non-hydrogen) atoms. The van der Waals surface area contributed by atoms with E-state index in [0.717, 1.165) is 6.07 Å². The lowest BCUT2D eigenvalue weighted by Gasteiger charge is -2.11. The van der Waals surface area contributed by atoms with E-state index < -0.39 is 15.0 Å². The molecule has 1 amide bonds. The van der Waals surface area contributed by atoms with Crippen LogP contribution in [0.3, 0.4) is 0 Å². The highest BCUT2D eigenvalue weighted by molar-refractivity contribution is 7.86. The lowest BCUT2D eigenvalue weighted by molar-refractivity contribution is -0.105. The van der Waals surface area contributed by atoms with Gasteiger partial charge in [0.25, 0.3) is 10.1 Å². The van der Waals surface area contributed by atoms with E-state index in [4.69, 9.17) is 27.9 Å². The van der Waals surface area contributed by atoms with Crippen LogP contribution in [0.25, 0.3) is 0 Å². The standard InChI is InChI=1S/C13H9Cl2NO5S/c14-8-1-4-12(10(15)5-8)21-9-2-3-11(16-7-17)13(6-9)22(18,19)20/h1-7H,(H,16,17)(H,18,19,20). The summed E-state index contributed by atoms with van der Waals surface area (Å²) in [6.45, 7) is 0. The van der Waals surface area contributed by atoms with Gasteiger partial charge in [-0.1, -0.05) is 23.2 Å². The van der Waals surface area contributed by atoms with E-state index in [1.165, 1.54) is 24.3 Å². The van der Waals surface area contributed by atoms with Gasteiger partial charge in [0.1, 0.15) is 16.4 Å². The highest BCUT2D eigenvalue weighted by atomic mass is 35.5. The van der Waals surface area contributed by atoms with Gasteiger partial charge < -0.3 is 10.1 Å². The number of anilines is 1. The Bertz CT molecular complexity index is 823. The number of carbonyl (C=O) groups excluding carboxylic acids is 1. The van der Waals surface area contributed by atoms with Crippen molar-refractivity contribution in [1.29, 1.82) is 0 Å². The van der Waals surface area contributed by atoms with Gasteiger partial charge in [-0.15, -0.1) is 0 Å². The van der Waals surface area contributed by atoms with Crippen LogP contribution < -0.4 is 10.1 Å². The minimum absolute atomic E-state index is 0.0768. The minimum atomic E-state index is -4.54. The van der Waals surface area contributed by atoms with Gasteiger partial charge in [0, 0.05) is 11.1 Å². The van der Waals surface area contributed by atoms with Crippen LogP contribution in [0, 0.1) is 0 Å². The van der Waals surface area contributed by atoms with Crippen molar-refractivity contribution in [3.8, 4) is 11.5 Å². The number of nitrogens with one attached hydrogen (secondary N) is 1. The van der Waals surface area contributed by atoms with E-state index in [9.17, 15) is 17.8 Å². The predicted molar refractivity (Wildman–Crippen MR) is 82.5 cm³/mol. The molecule has 2 N–H and O–H groups in total. The number of halogens is 2. The molecule has 0 radical (unpaired) electrons. The molecule has 2 aromatic rings. The van der Waals surface area contributed by atoms with Crippen molar-refractivity contribution in [2.45, 2.75) is 4.90 Å². The molecule has 0 bridgehead atoms. The third-order valence-corrected chi connectivity index (χ3v) is 3.99. The second kappa shape index (κ2) is 6.53. The maximum Gasteiger partial charge on any atom is 0.296 e. The second-order valence-electron chi connectivity index (χ2n) is 4.07. The largest absolute Gasteiger partial charge is 0.456 e. The van der Waals surface area contributed by atoms with Crippen LogP contribution in [0.5, 0.6) is 11.5 Å². The van der Waals surface area contributed by atoms with Crippen molar-refractivity contribution in [2.24, 2.45) is 0 Å². The summed E-state index contributed by atoms with van der Waals surface area (Å²) in [4.78, 5) is 9.96. The topological polar surface area (TPSA) is 92.7 Å². The van der Waals surface area contributed by atoms with E-state index in [1.54, 1.807) is 6.07 Å². The van der Waals surface area contributed by atoms with Crippen molar-refractivity contribution < 1.29 is 22.5 Å². The van der Waals surface area contributed by atoms with E-state index in [1.807, 2.05) is 0 Å². The summed E-state index contributed by atoms with van der Waals surface area (Å²) in [7, 11) is -4.54. The van der Waals surface area contributed by atoms with Crippen molar-refractivity contribution >= 4 is 45.4 Å². The molecule has 0 spiro atoms. The summed E-state index contributed by atoms with van der Waals surface area (Å²) >= 11 is 11.7. The molecule has 0 fully saturated rings. The summed E-state index contributed by atoms with van der Waals surface area (Å²) in [5.41, 5.74) is -0.0768. The lowest BCUT2D eigenvalue weighted by atomic mass is 10.3. The van der Waals surface area contributed by atoms with Crippen molar-refractivity contribution in [2.75, 3.05) is 5.32 Å². The van der Waals surface area contributed by atoms with E-state index in [2.05, 4.69) is 5.32 Å². The first-order valence-corrected chi connectivity index (χ1v) is 7.95. The molecular weight excluding hydrogens is 353 g/mol. The summed E-state index contributed by atoms with van der Waals surface area (Å²) < 4.78 is 37.3. The van der Waals surface area contributed by atoms with Crippen molar-refractivity contribution in [1.82, 2.24) is 0 Å². The molecule has 0 saturated heterocycles. The first-order chi connectivity index (χ1) is 10.3. The Morgan fingerprint density at radius 1 is 1.14 bits per heavy atom. The monoisotopic (exact) mass is 361 g/mol. The zero-order chi connectivity index (χ0) is 16.3. The van der Waals surface area contributed by atoms with Crippen LogP contribution in [-0.4, -0.2) is 19.4 Å². The number of carbonyl (C=O) groups is 1.